The SMILES string of the molecule is C=C(C(=O)CCCCCC)N(NC(=O)OCC)C(=O)OCC. The van der Waals surface area contributed by atoms with Crippen LogP contribution in [0.4, 0.5) is 9.59 Å². The standard InChI is InChI=1S/C15H26N2O5/c1-5-8-9-10-11-13(18)12(4)17(15(20)22-7-3)16-14(19)21-6-2/h4-11H2,1-3H3,(H,16,19). The highest BCUT2D eigenvalue weighted by Crippen LogP contribution is 2.10. The van der Waals surface area contributed by atoms with Crippen LogP contribution in [0.2, 0.25) is 0 Å². The number of ketones is 1. The molecule has 0 aromatic heterocycles. The van der Waals surface area contributed by atoms with E-state index in [-0.39, 0.29) is 31.1 Å². The lowest BCUT2D eigenvalue weighted by Gasteiger charge is -2.22. The maximum atomic E-state index is 12.1. The van der Waals surface area contributed by atoms with Gasteiger partial charge < -0.3 is 9.47 Å². The van der Waals surface area contributed by atoms with Gasteiger partial charge in [0, 0.05) is 6.42 Å². The third-order valence-electron chi connectivity index (χ3n) is 2.78. The molecule has 0 aliphatic heterocycles. The monoisotopic (exact) mass is 314 g/mol. The summed E-state index contributed by atoms with van der Waals surface area (Å²) < 4.78 is 9.49. The van der Waals surface area contributed by atoms with Crippen LogP contribution in [0, 0.1) is 0 Å². The predicted octanol–water partition coefficient (Wildman–Crippen LogP) is 3.16. The fourth-order valence-electron chi connectivity index (χ4n) is 1.65. The molecule has 0 saturated carbocycles. The Morgan fingerprint density at radius 2 is 1.64 bits per heavy atom. The molecule has 0 saturated heterocycles. The van der Waals surface area contributed by atoms with Crippen molar-refractivity contribution in [2.75, 3.05) is 13.2 Å². The number of carbonyl (C=O) groups is 3. The normalized spacial score (nSPS) is 9.77. The lowest BCUT2D eigenvalue weighted by Crippen LogP contribution is -2.47. The Kier molecular flexibility index (Phi) is 10.5. The first-order valence-corrected chi connectivity index (χ1v) is 7.60. The molecule has 0 bridgehead atoms. The van der Waals surface area contributed by atoms with E-state index < -0.39 is 12.2 Å². The number of allylic oxidation sites excluding steroid dienone is 1. The van der Waals surface area contributed by atoms with Crippen molar-refractivity contribution in [2.45, 2.75) is 52.9 Å². The summed E-state index contributed by atoms with van der Waals surface area (Å²) in [6.07, 6.45) is 2.29. The van der Waals surface area contributed by atoms with Gasteiger partial charge in [-0.15, -0.1) is 0 Å². The average Bonchev–Trinajstić information content (AvgIpc) is 2.48. The Morgan fingerprint density at radius 3 is 2.18 bits per heavy atom. The molecule has 126 valence electrons. The summed E-state index contributed by atoms with van der Waals surface area (Å²) in [6, 6.07) is 0. The molecule has 7 heteroatoms. The van der Waals surface area contributed by atoms with E-state index in [1.165, 1.54) is 0 Å². The van der Waals surface area contributed by atoms with E-state index in [1.807, 2.05) is 0 Å². The van der Waals surface area contributed by atoms with Crippen molar-refractivity contribution in [1.82, 2.24) is 10.4 Å². The number of ether oxygens (including phenoxy) is 2. The van der Waals surface area contributed by atoms with E-state index in [0.717, 1.165) is 19.3 Å². The lowest BCUT2D eigenvalue weighted by atomic mass is 10.1. The summed E-state index contributed by atoms with van der Waals surface area (Å²) in [5.41, 5.74) is 2.03. The first-order valence-electron chi connectivity index (χ1n) is 7.60. The summed E-state index contributed by atoms with van der Waals surface area (Å²) in [7, 11) is 0. The molecule has 1 N–H and O–H groups in total. The molecule has 0 aliphatic rings. The Morgan fingerprint density at radius 1 is 1.00 bits per heavy atom. The van der Waals surface area contributed by atoms with Crippen LogP contribution in [-0.2, 0) is 14.3 Å². The smallest absolute Gasteiger partial charge is 0.433 e. The van der Waals surface area contributed by atoms with Gasteiger partial charge in [-0.1, -0.05) is 32.8 Å². The molecule has 0 atom stereocenters. The summed E-state index contributed by atoms with van der Waals surface area (Å²) in [6.45, 7) is 9.15. The van der Waals surface area contributed by atoms with Gasteiger partial charge >= 0.3 is 12.2 Å². The summed E-state index contributed by atoms with van der Waals surface area (Å²) in [5, 5.41) is 0.698. The average molecular weight is 314 g/mol. The number of unbranched alkanes of at least 4 members (excludes halogenated alkanes) is 3. The maximum Gasteiger partial charge on any atom is 0.433 e. The number of hydrazine groups is 1. The number of rotatable bonds is 9. The number of carbonyl (C=O) groups excluding carboxylic acids is 3. The van der Waals surface area contributed by atoms with Crippen molar-refractivity contribution in [3.8, 4) is 0 Å². The Bertz CT molecular complexity index is 395. The van der Waals surface area contributed by atoms with E-state index in [1.54, 1.807) is 13.8 Å². The third kappa shape index (κ3) is 7.66. The van der Waals surface area contributed by atoms with E-state index in [9.17, 15) is 14.4 Å². The van der Waals surface area contributed by atoms with Crippen LogP contribution in [0.1, 0.15) is 52.9 Å². The largest absolute Gasteiger partial charge is 0.449 e. The van der Waals surface area contributed by atoms with E-state index in [0.29, 0.717) is 11.4 Å². The summed E-state index contributed by atoms with van der Waals surface area (Å²) in [5.74, 6) is -0.319. The van der Waals surface area contributed by atoms with Crippen LogP contribution in [0.3, 0.4) is 0 Å². The first-order chi connectivity index (χ1) is 10.5. The number of hydrogen-bond donors (Lipinski definition) is 1. The zero-order valence-electron chi connectivity index (χ0n) is 13.6. The second-order valence-electron chi connectivity index (χ2n) is 4.55. The molecule has 0 rings (SSSR count). The minimum atomic E-state index is -0.873. The van der Waals surface area contributed by atoms with Crippen LogP contribution >= 0.6 is 0 Å². The topological polar surface area (TPSA) is 84.9 Å². The fraction of sp³-hybridized carbons (Fsp3) is 0.667. The van der Waals surface area contributed by atoms with Gasteiger partial charge in [-0.2, -0.15) is 5.01 Å². The van der Waals surface area contributed by atoms with Gasteiger partial charge in [0.05, 0.1) is 13.2 Å². The van der Waals surface area contributed by atoms with Gasteiger partial charge in [0.15, 0.2) is 5.78 Å². The molecule has 0 aromatic carbocycles. The van der Waals surface area contributed by atoms with Gasteiger partial charge in [-0.3, -0.25) is 4.79 Å². The second-order valence-corrected chi connectivity index (χ2v) is 4.55. The van der Waals surface area contributed by atoms with Gasteiger partial charge in [0.2, 0.25) is 0 Å². The molecule has 0 heterocycles. The van der Waals surface area contributed by atoms with Crippen molar-refractivity contribution >= 4 is 18.0 Å². The quantitative estimate of drug-likeness (QED) is 0.401. The van der Waals surface area contributed by atoms with Crippen molar-refractivity contribution in [3.05, 3.63) is 12.3 Å². The van der Waals surface area contributed by atoms with Crippen molar-refractivity contribution < 1.29 is 23.9 Å². The Hall–Kier alpha value is -2.05. The minimum Gasteiger partial charge on any atom is -0.449 e. The molecule has 0 radical (unpaired) electrons. The van der Waals surface area contributed by atoms with Gasteiger partial charge in [-0.25, -0.2) is 15.0 Å². The number of hydrogen-bond acceptors (Lipinski definition) is 5. The van der Waals surface area contributed by atoms with E-state index >= 15 is 0 Å². The highest BCUT2D eigenvalue weighted by atomic mass is 16.6. The van der Waals surface area contributed by atoms with Crippen LogP contribution in [-0.4, -0.2) is 36.2 Å². The molecule has 0 spiro atoms. The predicted molar refractivity (Wildman–Crippen MR) is 81.9 cm³/mol. The number of nitrogens with one attached hydrogen (secondary N) is 1. The fourth-order valence-corrected chi connectivity index (χ4v) is 1.65. The molecule has 0 aromatic rings. The Labute approximate surface area is 131 Å². The highest BCUT2D eigenvalue weighted by Gasteiger charge is 2.25. The zero-order valence-corrected chi connectivity index (χ0v) is 13.6. The van der Waals surface area contributed by atoms with Crippen LogP contribution in [0.25, 0.3) is 0 Å². The number of Topliss-reactive ketones (excluding diaryl/α,β-unsaturated/α-hetero) is 1. The van der Waals surface area contributed by atoms with Crippen LogP contribution < -0.4 is 5.43 Å². The molecular formula is C15H26N2O5. The van der Waals surface area contributed by atoms with E-state index in [2.05, 4.69) is 18.9 Å². The third-order valence-corrected chi connectivity index (χ3v) is 2.78. The molecule has 0 fully saturated rings. The zero-order chi connectivity index (χ0) is 17.0. The molecule has 7 nitrogen and oxygen atoms in total. The molecular weight excluding hydrogens is 288 g/mol. The first kappa shape index (κ1) is 19.9. The maximum absolute atomic E-state index is 12.1. The minimum absolute atomic E-state index is 0.109. The van der Waals surface area contributed by atoms with Gasteiger partial charge in [0.1, 0.15) is 5.70 Å². The number of nitrogens with zero attached hydrogens (tertiary/aromatic N) is 1. The summed E-state index contributed by atoms with van der Waals surface area (Å²) >= 11 is 0. The Balaban J connectivity index is 4.69. The highest BCUT2D eigenvalue weighted by molar-refractivity contribution is 5.97. The van der Waals surface area contributed by atoms with Crippen LogP contribution in [0.15, 0.2) is 12.3 Å². The second kappa shape index (κ2) is 11.6. The van der Waals surface area contributed by atoms with Crippen molar-refractivity contribution in [3.63, 3.8) is 0 Å². The van der Waals surface area contributed by atoms with Crippen LogP contribution in [0.5, 0.6) is 0 Å². The van der Waals surface area contributed by atoms with Gasteiger partial charge in [-0.05, 0) is 20.3 Å². The van der Waals surface area contributed by atoms with Gasteiger partial charge in [0.25, 0.3) is 0 Å². The summed E-state index contributed by atoms with van der Waals surface area (Å²) in [4.78, 5) is 35.3. The molecule has 0 aliphatic carbocycles. The molecule has 0 unspecified atom stereocenters. The lowest BCUT2D eigenvalue weighted by molar-refractivity contribution is -0.117. The number of amides is 2. The van der Waals surface area contributed by atoms with E-state index in [4.69, 9.17) is 9.47 Å². The molecule has 22 heavy (non-hydrogen) atoms. The van der Waals surface area contributed by atoms with Crippen molar-refractivity contribution in [2.24, 2.45) is 0 Å². The van der Waals surface area contributed by atoms with Crippen molar-refractivity contribution in [1.29, 1.82) is 0 Å². The molecule has 2 amide bonds.